The van der Waals surface area contributed by atoms with Gasteiger partial charge >= 0.3 is 0 Å². The Morgan fingerprint density at radius 1 is 1.17 bits per heavy atom. The SMILES string of the molecule is CCCNS(=O)(=O)N(C)C1CCN(c2ncnc3cc(OC)c(OC)cc23)CC1. The Morgan fingerprint density at radius 3 is 2.45 bits per heavy atom. The fourth-order valence-corrected chi connectivity index (χ4v) is 4.86. The van der Waals surface area contributed by atoms with Gasteiger partial charge in [-0.2, -0.15) is 12.7 Å². The second kappa shape index (κ2) is 9.10. The van der Waals surface area contributed by atoms with E-state index < -0.39 is 10.2 Å². The van der Waals surface area contributed by atoms with Gasteiger partial charge in [0, 0.05) is 44.2 Å². The first-order valence-electron chi connectivity index (χ1n) is 9.75. The van der Waals surface area contributed by atoms with Crippen molar-refractivity contribution in [2.75, 3.05) is 45.8 Å². The van der Waals surface area contributed by atoms with Gasteiger partial charge in [0.15, 0.2) is 11.5 Å². The number of rotatable bonds is 8. The van der Waals surface area contributed by atoms with Crippen LogP contribution in [-0.2, 0) is 10.2 Å². The summed E-state index contributed by atoms with van der Waals surface area (Å²) in [4.78, 5) is 11.0. The maximum atomic E-state index is 12.4. The first kappa shape index (κ1) is 21.5. The van der Waals surface area contributed by atoms with Crippen LogP contribution in [-0.4, -0.2) is 69.6 Å². The van der Waals surface area contributed by atoms with Gasteiger partial charge < -0.3 is 14.4 Å². The van der Waals surface area contributed by atoms with Crippen LogP contribution in [0.4, 0.5) is 5.82 Å². The molecule has 0 spiro atoms. The van der Waals surface area contributed by atoms with Gasteiger partial charge in [0.05, 0.1) is 19.7 Å². The van der Waals surface area contributed by atoms with E-state index in [0.717, 1.165) is 36.0 Å². The Labute approximate surface area is 172 Å². The summed E-state index contributed by atoms with van der Waals surface area (Å²) in [5, 5.41) is 0.884. The van der Waals surface area contributed by atoms with Gasteiger partial charge in [-0.3, -0.25) is 0 Å². The van der Waals surface area contributed by atoms with Crippen LogP contribution in [0.5, 0.6) is 11.5 Å². The highest BCUT2D eigenvalue weighted by Crippen LogP contribution is 2.35. The maximum absolute atomic E-state index is 12.4. The van der Waals surface area contributed by atoms with Crippen LogP contribution < -0.4 is 19.1 Å². The Morgan fingerprint density at radius 2 is 1.83 bits per heavy atom. The van der Waals surface area contributed by atoms with Crippen LogP contribution in [0, 0.1) is 0 Å². The summed E-state index contributed by atoms with van der Waals surface area (Å²) < 4.78 is 39.7. The maximum Gasteiger partial charge on any atom is 0.279 e. The van der Waals surface area contributed by atoms with Crippen LogP contribution in [0.25, 0.3) is 10.9 Å². The number of ether oxygens (including phenoxy) is 2. The first-order valence-corrected chi connectivity index (χ1v) is 11.2. The molecule has 0 aliphatic carbocycles. The van der Waals surface area contributed by atoms with E-state index in [0.29, 0.717) is 31.1 Å². The van der Waals surface area contributed by atoms with Crippen molar-refractivity contribution in [1.29, 1.82) is 0 Å². The van der Waals surface area contributed by atoms with Crippen LogP contribution in [0.1, 0.15) is 26.2 Å². The van der Waals surface area contributed by atoms with Crippen LogP contribution in [0.15, 0.2) is 18.5 Å². The second-order valence-electron chi connectivity index (χ2n) is 7.06. The molecular weight excluding hydrogens is 394 g/mol. The fourth-order valence-electron chi connectivity index (χ4n) is 3.59. The molecule has 29 heavy (non-hydrogen) atoms. The first-order chi connectivity index (χ1) is 13.9. The molecule has 1 aliphatic heterocycles. The molecule has 1 fully saturated rings. The molecule has 1 aromatic carbocycles. The average molecular weight is 424 g/mol. The zero-order valence-corrected chi connectivity index (χ0v) is 18.2. The monoisotopic (exact) mass is 423 g/mol. The molecule has 1 aliphatic rings. The van der Waals surface area contributed by atoms with Gasteiger partial charge in [0.1, 0.15) is 12.1 Å². The molecule has 3 rings (SSSR count). The van der Waals surface area contributed by atoms with Crippen molar-refractivity contribution >= 4 is 26.9 Å². The van der Waals surface area contributed by atoms with Gasteiger partial charge in [-0.05, 0) is 25.3 Å². The quantitative estimate of drug-likeness (QED) is 0.691. The largest absolute Gasteiger partial charge is 0.493 e. The van der Waals surface area contributed by atoms with E-state index in [1.165, 1.54) is 4.31 Å². The van der Waals surface area contributed by atoms with Crippen molar-refractivity contribution in [1.82, 2.24) is 19.0 Å². The molecule has 0 amide bonds. The number of nitrogens with zero attached hydrogens (tertiary/aromatic N) is 4. The Bertz CT molecular complexity index is 945. The number of methoxy groups -OCH3 is 2. The highest BCUT2D eigenvalue weighted by atomic mass is 32.2. The van der Waals surface area contributed by atoms with Crippen molar-refractivity contribution in [2.24, 2.45) is 0 Å². The summed E-state index contributed by atoms with van der Waals surface area (Å²) in [5.41, 5.74) is 0.776. The minimum Gasteiger partial charge on any atom is -0.493 e. The van der Waals surface area contributed by atoms with Crippen molar-refractivity contribution in [2.45, 2.75) is 32.2 Å². The zero-order chi connectivity index (χ0) is 21.0. The van der Waals surface area contributed by atoms with Gasteiger partial charge in [-0.25, -0.2) is 14.7 Å². The zero-order valence-electron chi connectivity index (χ0n) is 17.4. The molecule has 160 valence electrons. The summed E-state index contributed by atoms with van der Waals surface area (Å²) >= 11 is 0. The lowest BCUT2D eigenvalue weighted by Gasteiger charge is -2.37. The summed E-state index contributed by atoms with van der Waals surface area (Å²) in [7, 11) is 1.39. The van der Waals surface area contributed by atoms with Crippen molar-refractivity contribution in [3.63, 3.8) is 0 Å². The van der Waals surface area contributed by atoms with Gasteiger partial charge in [-0.15, -0.1) is 0 Å². The number of anilines is 1. The van der Waals surface area contributed by atoms with E-state index in [1.54, 1.807) is 27.6 Å². The molecule has 0 radical (unpaired) electrons. The molecule has 1 saturated heterocycles. The standard InChI is InChI=1S/C19H29N5O4S/c1-5-8-22-29(25,26)23(2)14-6-9-24(10-7-14)19-15-11-17(27-3)18(28-4)12-16(15)20-13-21-19/h11-14,22H,5-10H2,1-4H3. The number of aromatic nitrogens is 2. The lowest BCUT2D eigenvalue weighted by atomic mass is 10.0. The summed E-state index contributed by atoms with van der Waals surface area (Å²) in [5.74, 6) is 2.07. The molecule has 2 aromatic rings. The number of nitrogens with one attached hydrogen (secondary N) is 1. The smallest absolute Gasteiger partial charge is 0.279 e. The minimum atomic E-state index is -3.45. The summed E-state index contributed by atoms with van der Waals surface area (Å²) in [6.07, 6.45) is 3.76. The predicted octanol–water partition coefficient (Wildman–Crippen LogP) is 1.79. The van der Waals surface area contributed by atoms with Gasteiger partial charge in [-0.1, -0.05) is 6.92 Å². The molecule has 10 heteroatoms. The summed E-state index contributed by atoms with van der Waals surface area (Å²) in [6, 6.07) is 3.69. The normalized spacial score (nSPS) is 15.8. The van der Waals surface area contributed by atoms with Crippen molar-refractivity contribution in [3.8, 4) is 11.5 Å². The number of piperidine rings is 1. The molecule has 0 bridgehead atoms. The van der Waals surface area contributed by atoms with Crippen LogP contribution >= 0.6 is 0 Å². The lowest BCUT2D eigenvalue weighted by molar-refractivity contribution is 0.308. The average Bonchev–Trinajstić information content (AvgIpc) is 2.75. The van der Waals surface area contributed by atoms with E-state index in [1.807, 2.05) is 19.1 Å². The molecule has 0 unspecified atom stereocenters. The third kappa shape index (κ3) is 4.54. The molecule has 2 heterocycles. The number of benzene rings is 1. The number of fused-ring (bicyclic) bond motifs is 1. The third-order valence-corrected chi connectivity index (χ3v) is 6.94. The fraction of sp³-hybridized carbons (Fsp3) is 0.579. The van der Waals surface area contributed by atoms with Crippen LogP contribution in [0.2, 0.25) is 0 Å². The minimum absolute atomic E-state index is 0.0386. The highest BCUT2D eigenvalue weighted by Gasteiger charge is 2.30. The highest BCUT2D eigenvalue weighted by molar-refractivity contribution is 7.87. The molecular formula is C19H29N5O4S. The van der Waals surface area contributed by atoms with Gasteiger partial charge in [0.2, 0.25) is 0 Å². The number of hydrogen-bond acceptors (Lipinski definition) is 7. The van der Waals surface area contributed by atoms with Crippen molar-refractivity contribution in [3.05, 3.63) is 18.5 Å². The van der Waals surface area contributed by atoms with E-state index in [4.69, 9.17) is 9.47 Å². The van der Waals surface area contributed by atoms with E-state index in [-0.39, 0.29) is 6.04 Å². The molecule has 1 N–H and O–H groups in total. The summed E-state index contributed by atoms with van der Waals surface area (Å²) in [6.45, 7) is 3.80. The van der Waals surface area contributed by atoms with Gasteiger partial charge in [0.25, 0.3) is 10.2 Å². The molecule has 0 atom stereocenters. The lowest BCUT2D eigenvalue weighted by Crippen LogP contribution is -2.49. The Hall–Kier alpha value is -2.17. The molecule has 0 saturated carbocycles. The molecule has 9 nitrogen and oxygen atoms in total. The Kier molecular flexibility index (Phi) is 6.76. The second-order valence-corrected chi connectivity index (χ2v) is 8.87. The topological polar surface area (TPSA) is 96.9 Å². The van der Waals surface area contributed by atoms with E-state index in [9.17, 15) is 8.42 Å². The van der Waals surface area contributed by atoms with Crippen molar-refractivity contribution < 1.29 is 17.9 Å². The van der Waals surface area contributed by atoms with E-state index >= 15 is 0 Å². The number of hydrogen-bond donors (Lipinski definition) is 1. The Balaban J connectivity index is 1.78. The van der Waals surface area contributed by atoms with E-state index in [2.05, 4.69) is 19.6 Å². The third-order valence-electron chi connectivity index (χ3n) is 5.31. The predicted molar refractivity (Wildman–Crippen MR) is 113 cm³/mol. The van der Waals surface area contributed by atoms with Crippen LogP contribution in [0.3, 0.4) is 0 Å². The molecule has 1 aromatic heterocycles.